The molecular formula is C17H26ClFN2O3. The Morgan fingerprint density at radius 3 is 2.58 bits per heavy atom. The Morgan fingerprint density at radius 2 is 2.04 bits per heavy atom. The fourth-order valence-corrected chi connectivity index (χ4v) is 2.62. The fourth-order valence-electron chi connectivity index (χ4n) is 2.62. The molecule has 2 rings (SSSR count). The molecule has 1 aromatic carbocycles. The Hall–Kier alpha value is -1.21. The Balaban J connectivity index is 0.00000288. The predicted molar refractivity (Wildman–Crippen MR) is 92.6 cm³/mol. The van der Waals surface area contributed by atoms with Crippen LogP contribution in [0.1, 0.15) is 25.5 Å². The molecule has 1 saturated heterocycles. The third kappa shape index (κ3) is 6.02. The average Bonchev–Trinajstić information content (AvgIpc) is 2.54. The summed E-state index contributed by atoms with van der Waals surface area (Å²) in [5.41, 5.74) is 0.593. The Kier molecular flexibility index (Phi) is 8.62. The molecule has 24 heavy (non-hydrogen) atoms. The van der Waals surface area contributed by atoms with Gasteiger partial charge in [0, 0.05) is 19.6 Å². The van der Waals surface area contributed by atoms with Crippen LogP contribution in [0.3, 0.4) is 0 Å². The largest absolute Gasteiger partial charge is 0.387 e. The lowest BCUT2D eigenvalue weighted by Crippen LogP contribution is -2.51. The van der Waals surface area contributed by atoms with Crippen molar-refractivity contribution in [2.45, 2.75) is 26.1 Å². The highest BCUT2D eigenvalue weighted by Gasteiger charge is 2.28. The molecule has 0 spiro atoms. The van der Waals surface area contributed by atoms with E-state index in [2.05, 4.69) is 5.32 Å². The average molecular weight is 361 g/mol. The summed E-state index contributed by atoms with van der Waals surface area (Å²) in [7, 11) is 0. The van der Waals surface area contributed by atoms with Gasteiger partial charge in [0.1, 0.15) is 11.9 Å². The zero-order valence-corrected chi connectivity index (χ0v) is 14.9. The van der Waals surface area contributed by atoms with Gasteiger partial charge in [0.05, 0.1) is 19.3 Å². The summed E-state index contributed by atoms with van der Waals surface area (Å²) < 4.78 is 18.5. The molecule has 1 amide bonds. The van der Waals surface area contributed by atoms with Gasteiger partial charge in [-0.25, -0.2) is 4.39 Å². The predicted octanol–water partition coefficient (Wildman–Crippen LogP) is 1.75. The molecule has 5 nitrogen and oxygen atoms in total. The SMILES string of the molecule is CC(C)CN(CC(O)c1ccc(F)cc1)C(=O)C1CNCCO1.Cl. The highest BCUT2D eigenvalue weighted by molar-refractivity contribution is 5.85. The Bertz CT molecular complexity index is 507. The first kappa shape index (κ1) is 20.8. The van der Waals surface area contributed by atoms with Gasteiger partial charge in [0.25, 0.3) is 5.91 Å². The number of aliphatic hydroxyl groups excluding tert-OH is 1. The molecule has 0 saturated carbocycles. The topological polar surface area (TPSA) is 61.8 Å². The summed E-state index contributed by atoms with van der Waals surface area (Å²) in [6.07, 6.45) is -1.36. The Morgan fingerprint density at radius 1 is 1.38 bits per heavy atom. The van der Waals surface area contributed by atoms with Gasteiger partial charge in [-0.2, -0.15) is 0 Å². The lowest BCUT2D eigenvalue weighted by Gasteiger charge is -2.32. The minimum Gasteiger partial charge on any atom is -0.387 e. The number of nitrogens with one attached hydrogen (secondary N) is 1. The molecule has 2 unspecified atom stereocenters. The summed E-state index contributed by atoms with van der Waals surface area (Å²) in [5.74, 6) is -0.194. The number of carbonyl (C=O) groups is 1. The van der Waals surface area contributed by atoms with Crippen LogP contribution >= 0.6 is 12.4 Å². The van der Waals surface area contributed by atoms with Gasteiger partial charge in [-0.1, -0.05) is 26.0 Å². The van der Waals surface area contributed by atoms with Crippen molar-refractivity contribution in [3.63, 3.8) is 0 Å². The highest BCUT2D eigenvalue weighted by atomic mass is 35.5. The third-order valence-corrected chi connectivity index (χ3v) is 3.75. The van der Waals surface area contributed by atoms with E-state index in [-0.39, 0.29) is 36.6 Å². The quantitative estimate of drug-likeness (QED) is 0.811. The van der Waals surface area contributed by atoms with Crippen LogP contribution < -0.4 is 5.32 Å². The summed E-state index contributed by atoms with van der Waals surface area (Å²) >= 11 is 0. The van der Waals surface area contributed by atoms with E-state index >= 15 is 0 Å². The van der Waals surface area contributed by atoms with Crippen molar-refractivity contribution in [2.75, 3.05) is 32.8 Å². The lowest BCUT2D eigenvalue weighted by atomic mass is 10.1. The number of benzene rings is 1. The van der Waals surface area contributed by atoms with Crippen molar-refractivity contribution in [1.82, 2.24) is 10.2 Å². The van der Waals surface area contributed by atoms with Crippen molar-refractivity contribution in [3.8, 4) is 0 Å². The first-order valence-corrected chi connectivity index (χ1v) is 8.02. The summed E-state index contributed by atoms with van der Waals surface area (Å²) in [4.78, 5) is 14.3. The molecule has 136 valence electrons. The van der Waals surface area contributed by atoms with E-state index in [1.807, 2.05) is 13.8 Å². The summed E-state index contributed by atoms with van der Waals surface area (Å²) in [5, 5.41) is 13.5. The van der Waals surface area contributed by atoms with E-state index in [1.165, 1.54) is 24.3 Å². The van der Waals surface area contributed by atoms with Crippen LogP contribution in [0, 0.1) is 11.7 Å². The first-order valence-electron chi connectivity index (χ1n) is 8.02. The standard InChI is InChI=1S/C17H25FN2O3.ClH/c1-12(2)10-20(17(22)16-9-19-7-8-23-16)11-15(21)13-3-5-14(18)6-4-13;/h3-6,12,15-16,19,21H,7-11H2,1-2H3;1H. The van der Waals surface area contributed by atoms with Crippen LogP contribution in [-0.4, -0.2) is 54.8 Å². The van der Waals surface area contributed by atoms with E-state index in [4.69, 9.17) is 4.74 Å². The summed E-state index contributed by atoms with van der Waals surface area (Å²) in [6, 6.07) is 5.69. The Labute approximate surface area is 148 Å². The van der Waals surface area contributed by atoms with Crippen LogP contribution in [-0.2, 0) is 9.53 Å². The van der Waals surface area contributed by atoms with Crippen molar-refractivity contribution < 1.29 is 19.0 Å². The van der Waals surface area contributed by atoms with E-state index in [1.54, 1.807) is 4.90 Å². The molecule has 2 atom stereocenters. The number of amides is 1. The van der Waals surface area contributed by atoms with Gasteiger partial charge in [0.2, 0.25) is 0 Å². The number of halogens is 2. The smallest absolute Gasteiger partial charge is 0.253 e. The zero-order valence-electron chi connectivity index (χ0n) is 14.1. The molecule has 0 aromatic heterocycles. The number of hydrogen-bond donors (Lipinski definition) is 2. The number of carbonyl (C=O) groups excluding carboxylic acids is 1. The van der Waals surface area contributed by atoms with Gasteiger partial charge in [-0.3, -0.25) is 4.79 Å². The van der Waals surface area contributed by atoms with E-state index in [0.717, 1.165) is 6.54 Å². The second-order valence-electron chi connectivity index (χ2n) is 6.27. The highest BCUT2D eigenvalue weighted by Crippen LogP contribution is 2.17. The van der Waals surface area contributed by atoms with Gasteiger partial charge < -0.3 is 20.1 Å². The molecule has 1 fully saturated rings. The minimum atomic E-state index is -0.852. The second-order valence-corrected chi connectivity index (χ2v) is 6.27. The molecular weight excluding hydrogens is 335 g/mol. The third-order valence-electron chi connectivity index (χ3n) is 3.75. The van der Waals surface area contributed by atoms with Crippen molar-refractivity contribution >= 4 is 18.3 Å². The maximum absolute atomic E-state index is 13.0. The molecule has 0 radical (unpaired) electrons. The molecule has 1 aliphatic heterocycles. The van der Waals surface area contributed by atoms with E-state index < -0.39 is 12.2 Å². The van der Waals surface area contributed by atoms with Crippen LogP contribution in [0.5, 0.6) is 0 Å². The maximum Gasteiger partial charge on any atom is 0.253 e. The lowest BCUT2D eigenvalue weighted by molar-refractivity contribution is -0.147. The maximum atomic E-state index is 13.0. The number of hydrogen-bond acceptors (Lipinski definition) is 4. The number of morpholine rings is 1. The minimum absolute atomic E-state index is 0. The summed E-state index contributed by atoms with van der Waals surface area (Å²) in [6.45, 7) is 6.48. The molecule has 1 aliphatic rings. The van der Waals surface area contributed by atoms with Crippen molar-refractivity contribution in [2.24, 2.45) is 5.92 Å². The van der Waals surface area contributed by atoms with Crippen molar-refractivity contribution in [1.29, 1.82) is 0 Å². The molecule has 0 aliphatic carbocycles. The van der Waals surface area contributed by atoms with Gasteiger partial charge in [-0.15, -0.1) is 12.4 Å². The van der Waals surface area contributed by atoms with E-state index in [9.17, 15) is 14.3 Å². The number of ether oxygens (including phenoxy) is 1. The molecule has 0 bridgehead atoms. The van der Waals surface area contributed by atoms with Gasteiger partial charge in [0.15, 0.2) is 0 Å². The number of nitrogens with zero attached hydrogens (tertiary/aromatic N) is 1. The van der Waals surface area contributed by atoms with Crippen molar-refractivity contribution in [3.05, 3.63) is 35.6 Å². The van der Waals surface area contributed by atoms with Crippen LogP contribution in [0.4, 0.5) is 4.39 Å². The zero-order chi connectivity index (χ0) is 16.8. The normalized spacial score (nSPS) is 18.8. The van der Waals surface area contributed by atoms with Gasteiger partial charge >= 0.3 is 0 Å². The molecule has 7 heteroatoms. The van der Waals surface area contributed by atoms with Crippen LogP contribution in [0.15, 0.2) is 24.3 Å². The fraction of sp³-hybridized carbons (Fsp3) is 0.588. The molecule has 1 aromatic rings. The second kappa shape index (κ2) is 9.93. The monoisotopic (exact) mass is 360 g/mol. The first-order chi connectivity index (χ1) is 11.0. The molecule has 2 N–H and O–H groups in total. The van der Waals surface area contributed by atoms with Crippen LogP contribution in [0.2, 0.25) is 0 Å². The molecule has 1 heterocycles. The number of aliphatic hydroxyl groups is 1. The van der Waals surface area contributed by atoms with Gasteiger partial charge in [-0.05, 0) is 23.6 Å². The van der Waals surface area contributed by atoms with E-state index in [0.29, 0.717) is 25.3 Å². The van der Waals surface area contributed by atoms with Crippen LogP contribution in [0.25, 0.3) is 0 Å². The number of rotatable bonds is 6.